The van der Waals surface area contributed by atoms with Gasteiger partial charge < -0.3 is 5.11 Å². The molecule has 1 aliphatic rings. The second kappa shape index (κ2) is 3.45. The molecular weight excluding hydrogens is 309 g/mol. The molecule has 1 N–H and O–H groups in total. The minimum absolute atomic E-state index is 3.68. The van der Waals surface area contributed by atoms with E-state index in [1.165, 1.54) is 0 Å². The molecule has 1 fully saturated rings. The molecule has 1 aliphatic carbocycles. The summed E-state index contributed by atoms with van der Waals surface area (Å²) in [6.07, 6.45) is 0. The number of alkyl halides is 9. The van der Waals surface area contributed by atoms with Crippen molar-refractivity contribution in [2.75, 3.05) is 0 Å². The van der Waals surface area contributed by atoms with Crippen LogP contribution >= 0.6 is 0 Å². The first kappa shape index (κ1) is 15.8. The third kappa shape index (κ3) is 1.27. The number of aliphatic hydroxyl groups excluding tert-OH is 1. The van der Waals surface area contributed by atoms with E-state index in [1.54, 1.807) is 0 Å². The molecule has 1 saturated carbocycles. The summed E-state index contributed by atoms with van der Waals surface area (Å²) >= 11 is 0. The van der Waals surface area contributed by atoms with Crippen LogP contribution in [0.1, 0.15) is 0 Å². The summed E-state index contributed by atoms with van der Waals surface area (Å²) in [6, 6.07) is -3.68. The van der Waals surface area contributed by atoms with E-state index in [1.807, 2.05) is 0 Å². The fraction of sp³-hybridized carbons (Fsp3) is 0.714. The lowest BCUT2D eigenvalue weighted by Crippen LogP contribution is -2.55. The van der Waals surface area contributed by atoms with E-state index in [-0.39, 0.29) is 0 Å². The Bertz CT molecular complexity index is 406. The Labute approximate surface area is 95.8 Å². The number of rotatable bonds is 1. The molecule has 19 heavy (non-hydrogen) atoms. The van der Waals surface area contributed by atoms with E-state index < -0.39 is 41.2 Å². The Kier molecular flexibility index (Phi) is 2.87. The molecule has 1 rings (SSSR count). The highest BCUT2D eigenvalue weighted by molar-refractivity contribution is 5.36. The van der Waals surface area contributed by atoms with Crippen LogP contribution < -0.4 is 0 Å². The molecule has 0 aromatic carbocycles. The van der Waals surface area contributed by atoms with E-state index in [0.29, 0.717) is 0 Å². The lowest BCUT2D eigenvalue weighted by Gasteiger charge is -2.28. The van der Waals surface area contributed by atoms with Gasteiger partial charge in [-0.15, -0.1) is 0 Å². The first-order valence-corrected chi connectivity index (χ1v) is 4.05. The van der Waals surface area contributed by atoms with Crippen LogP contribution in [0.5, 0.6) is 0 Å². The molecule has 0 saturated heterocycles. The number of halogens is 11. The van der Waals surface area contributed by atoms with Gasteiger partial charge in [-0.25, -0.2) is 8.78 Å². The monoisotopic (exact) mass is 310 g/mol. The lowest BCUT2D eigenvalue weighted by molar-refractivity contribution is -0.303. The number of hydrogen-bond donors (Lipinski definition) is 1. The molecule has 1 nitrogen and oxygen atoms in total. The molecule has 0 aromatic heterocycles. The van der Waals surface area contributed by atoms with Gasteiger partial charge in [0.05, 0.1) is 0 Å². The zero-order chi connectivity index (χ0) is 15.7. The van der Waals surface area contributed by atoms with Crippen LogP contribution in [-0.2, 0) is 0 Å². The molecule has 0 aliphatic heterocycles. The first-order chi connectivity index (χ1) is 8.10. The zero-order valence-corrected chi connectivity index (χ0v) is 8.10. The summed E-state index contributed by atoms with van der Waals surface area (Å²) in [5.41, 5.74) is -6.74. The third-order valence-corrected chi connectivity index (χ3v) is 2.53. The highest BCUT2D eigenvalue weighted by atomic mass is 19.4. The van der Waals surface area contributed by atoms with Crippen LogP contribution in [-0.4, -0.2) is 34.5 Å². The predicted octanol–water partition coefficient (Wildman–Crippen LogP) is 3.92. The van der Waals surface area contributed by atoms with Crippen LogP contribution in [0.3, 0.4) is 0 Å². The summed E-state index contributed by atoms with van der Waals surface area (Å²) in [7, 11) is 0. The van der Waals surface area contributed by atoms with Crippen molar-refractivity contribution in [2.24, 2.45) is 0 Å². The molecule has 0 amide bonds. The van der Waals surface area contributed by atoms with E-state index in [9.17, 15) is 48.3 Å². The molecule has 0 heterocycles. The van der Waals surface area contributed by atoms with Crippen LogP contribution in [0.15, 0.2) is 11.8 Å². The Morgan fingerprint density at radius 1 is 0.579 bits per heavy atom. The van der Waals surface area contributed by atoms with Crippen molar-refractivity contribution in [1.29, 1.82) is 0 Å². The van der Waals surface area contributed by atoms with Crippen LogP contribution in [0, 0.1) is 0 Å². The molecular formula is C7HF11O. The van der Waals surface area contributed by atoms with Gasteiger partial charge in [0.2, 0.25) is 5.83 Å². The van der Waals surface area contributed by atoms with Gasteiger partial charge in [0.25, 0.3) is 0 Å². The Hall–Kier alpha value is -1.23. The fourth-order valence-electron chi connectivity index (χ4n) is 1.44. The molecule has 0 radical (unpaired) electrons. The average Bonchev–Trinajstić information content (AvgIpc) is 2.28. The minimum atomic E-state index is -7.02. The van der Waals surface area contributed by atoms with E-state index in [4.69, 9.17) is 5.11 Å². The van der Waals surface area contributed by atoms with Crippen molar-refractivity contribution < 1.29 is 53.4 Å². The van der Waals surface area contributed by atoms with E-state index >= 15 is 0 Å². The standard InChI is InChI=1S/C7HF11O/c8-1(2(9)19)3(10)4(11,12)6(15,16)7(17,18)5(3,13)14/h19H. The second-order valence-electron chi connectivity index (χ2n) is 3.56. The molecule has 0 unspecified atom stereocenters. The highest BCUT2D eigenvalue weighted by Crippen LogP contribution is 2.71. The van der Waals surface area contributed by atoms with Crippen molar-refractivity contribution in [3.05, 3.63) is 11.8 Å². The highest BCUT2D eigenvalue weighted by Gasteiger charge is 3.02. The predicted molar refractivity (Wildman–Crippen MR) is 35.5 cm³/mol. The molecule has 0 atom stereocenters. The summed E-state index contributed by atoms with van der Waals surface area (Å²) in [5, 5.41) is 7.69. The fourth-order valence-corrected chi connectivity index (χ4v) is 1.44. The Balaban J connectivity index is 3.81. The zero-order valence-electron chi connectivity index (χ0n) is 8.10. The number of hydrogen-bond acceptors (Lipinski definition) is 1. The van der Waals surface area contributed by atoms with Gasteiger partial charge in [-0.2, -0.15) is 39.5 Å². The molecule has 112 valence electrons. The maximum Gasteiger partial charge on any atom is 0.382 e. The minimum Gasteiger partial charge on any atom is -0.484 e. The van der Waals surface area contributed by atoms with Crippen molar-refractivity contribution in [3.8, 4) is 0 Å². The average molecular weight is 310 g/mol. The summed E-state index contributed by atoms with van der Waals surface area (Å²) in [6.45, 7) is 0. The molecule has 12 heteroatoms. The van der Waals surface area contributed by atoms with Crippen LogP contribution in [0.4, 0.5) is 48.3 Å². The first-order valence-electron chi connectivity index (χ1n) is 4.05. The Morgan fingerprint density at radius 2 is 0.842 bits per heavy atom. The number of allylic oxidation sites excluding steroid dienone is 1. The van der Waals surface area contributed by atoms with Gasteiger partial charge in [-0.05, 0) is 0 Å². The second-order valence-corrected chi connectivity index (χ2v) is 3.56. The van der Waals surface area contributed by atoms with Crippen molar-refractivity contribution >= 4 is 0 Å². The van der Waals surface area contributed by atoms with Crippen LogP contribution in [0.2, 0.25) is 0 Å². The topological polar surface area (TPSA) is 20.2 Å². The van der Waals surface area contributed by atoms with Gasteiger partial charge in [-0.3, -0.25) is 0 Å². The summed E-state index contributed by atoms with van der Waals surface area (Å²) < 4.78 is 139. The van der Waals surface area contributed by atoms with Crippen molar-refractivity contribution in [3.63, 3.8) is 0 Å². The van der Waals surface area contributed by atoms with Gasteiger partial charge in [-0.1, -0.05) is 0 Å². The van der Waals surface area contributed by atoms with Gasteiger partial charge in [0, 0.05) is 0 Å². The molecule has 0 bridgehead atoms. The van der Waals surface area contributed by atoms with Gasteiger partial charge >= 0.3 is 35.4 Å². The number of aliphatic hydroxyl groups is 1. The van der Waals surface area contributed by atoms with Crippen molar-refractivity contribution in [1.82, 2.24) is 0 Å². The third-order valence-electron chi connectivity index (χ3n) is 2.53. The lowest BCUT2D eigenvalue weighted by atomic mass is 9.95. The maximum atomic E-state index is 13.2. The van der Waals surface area contributed by atoms with E-state index in [2.05, 4.69) is 0 Å². The normalized spacial score (nSPS) is 30.9. The van der Waals surface area contributed by atoms with Gasteiger partial charge in [0.1, 0.15) is 0 Å². The smallest absolute Gasteiger partial charge is 0.382 e. The Morgan fingerprint density at radius 3 is 1.05 bits per heavy atom. The molecule has 0 aromatic rings. The summed E-state index contributed by atoms with van der Waals surface area (Å²) in [4.78, 5) is 0. The van der Waals surface area contributed by atoms with Gasteiger partial charge in [0.15, 0.2) is 0 Å². The summed E-state index contributed by atoms with van der Waals surface area (Å²) in [5.74, 6) is -32.2. The van der Waals surface area contributed by atoms with Crippen molar-refractivity contribution in [2.45, 2.75) is 29.4 Å². The molecule has 0 spiro atoms. The maximum absolute atomic E-state index is 13.2. The van der Waals surface area contributed by atoms with Crippen LogP contribution in [0.25, 0.3) is 0 Å². The quantitative estimate of drug-likeness (QED) is 0.575. The SMILES string of the molecule is OC(F)=C(F)C1(F)C(F)(F)C(F)(F)C(F)(F)C1(F)F. The van der Waals surface area contributed by atoms with E-state index in [0.717, 1.165) is 0 Å². The largest absolute Gasteiger partial charge is 0.484 e.